The molecule has 8 nitrogen and oxygen atoms in total. The molecular formula is C29H27ClN4O4. The molecule has 2 heterocycles. The van der Waals surface area contributed by atoms with E-state index in [4.69, 9.17) is 21.1 Å². The van der Waals surface area contributed by atoms with Gasteiger partial charge in [0.2, 0.25) is 0 Å². The Morgan fingerprint density at radius 2 is 1.08 bits per heavy atom. The van der Waals surface area contributed by atoms with E-state index in [1.54, 1.807) is 12.1 Å². The van der Waals surface area contributed by atoms with Crippen molar-refractivity contribution in [2.24, 2.45) is 0 Å². The van der Waals surface area contributed by atoms with Gasteiger partial charge >= 0.3 is 0 Å². The van der Waals surface area contributed by atoms with E-state index in [9.17, 15) is 9.59 Å². The smallest absolute Gasteiger partial charge is 0.268 e. The SMILES string of the molecule is COc1cc(Cl)c(C(c2c(-c3ccc(C)cc3)[nH][nH]c2=O)c2c(-c3ccc(C)cc3)[nH][nH]c2=O)cc1OC. The minimum absolute atomic E-state index is 0.318. The van der Waals surface area contributed by atoms with Crippen LogP contribution in [0.3, 0.4) is 0 Å². The quantitative estimate of drug-likeness (QED) is 0.222. The molecule has 38 heavy (non-hydrogen) atoms. The summed E-state index contributed by atoms with van der Waals surface area (Å²) in [6.45, 7) is 3.98. The number of hydrogen-bond donors (Lipinski definition) is 4. The summed E-state index contributed by atoms with van der Waals surface area (Å²) >= 11 is 6.83. The molecule has 0 unspecified atom stereocenters. The lowest BCUT2D eigenvalue weighted by atomic mass is 9.82. The minimum Gasteiger partial charge on any atom is -0.493 e. The van der Waals surface area contributed by atoms with Gasteiger partial charge in [0.05, 0.1) is 42.7 Å². The number of halogens is 1. The summed E-state index contributed by atoms with van der Waals surface area (Å²) in [5.74, 6) is -0.00650. The first kappa shape index (κ1) is 25.2. The van der Waals surface area contributed by atoms with Gasteiger partial charge in [-0.2, -0.15) is 0 Å². The molecule has 5 aromatic rings. The van der Waals surface area contributed by atoms with E-state index < -0.39 is 5.92 Å². The van der Waals surface area contributed by atoms with Gasteiger partial charge in [-0.3, -0.25) is 30.0 Å². The number of H-pyrrole nitrogens is 4. The number of rotatable bonds is 7. The van der Waals surface area contributed by atoms with Crippen LogP contribution in [-0.2, 0) is 0 Å². The Balaban J connectivity index is 1.85. The van der Waals surface area contributed by atoms with Crippen molar-refractivity contribution >= 4 is 11.6 Å². The van der Waals surface area contributed by atoms with Gasteiger partial charge in [-0.25, -0.2) is 0 Å². The van der Waals surface area contributed by atoms with Crippen LogP contribution in [-0.4, -0.2) is 34.6 Å². The number of aryl methyl sites for hydroxylation is 2. The Morgan fingerprint density at radius 1 is 0.658 bits per heavy atom. The first-order valence-corrected chi connectivity index (χ1v) is 12.4. The second kappa shape index (κ2) is 10.1. The largest absolute Gasteiger partial charge is 0.493 e. The monoisotopic (exact) mass is 530 g/mol. The molecule has 2 aromatic heterocycles. The topological polar surface area (TPSA) is 116 Å². The summed E-state index contributed by atoms with van der Waals surface area (Å²) in [4.78, 5) is 26.9. The second-order valence-electron chi connectivity index (χ2n) is 9.13. The van der Waals surface area contributed by atoms with Crippen LogP contribution in [0.4, 0.5) is 0 Å². The molecule has 0 saturated heterocycles. The summed E-state index contributed by atoms with van der Waals surface area (Å²) < 4.78 is 11.0. The summed E-state index contributed by atoms with van der Waals surface area (Å²) in [5, 5.41) is 11.8. The zero-order chi connectivity index (χ0) is 27.0. The Bertz CT molecular complexity index is 1610. The maximum atomic E-state index is 13.5. The van der Waals surface area contributed by atoms with E-state index in [-0.39, 0.29) is 11.1 Å². The van der Waals surface area contributed by atoms with Gasteiger partial charge in [-0.15, -0.1) is 0 Å². The molecule has 194 valence electrons. The van der Waals surface area contributed by atoms with Gasteiger partial charge in [0, 0.05) is 11.1 Å². The Kier molecular flexibility index (Phi) is 6.73. The number of ether oxygens (including phenoxy) is 2. The van der Waals surface area contributed by atoms with Crippen molar-refractivity contribution in [3.05, 3.63) is 114 Å². The molecule has 0 spiro atoms. The fourth-order valence-electron chi connectivity index (χ4n) is 4.73. The zero-order valence-corrected chi connectivity index (χ0v) is 22.1. The number of nitrogens with one attached hydrogen (secondary N) is 4. The molecule has 0 fully saturated rings. The third-order valence-corrected chi connectivity index (χ3v) is 7.03. The molecular weight excluding hydrogens is 504 g/mol. The van der Waals surface area contributed by atoms with E-state index >= 15 is 0 Å². The maximum Gasteiger partial charge on any atom is 0.268 e. The molecule has 0 amide bonds. The van der Waals surface area contributed by atoms with Gasteiger partial charge in [-0.1, -0.05) is 71.3 Å². The van der Waals surface area contributed by atoms with Crippen molar-refractivity contribution in [1.82, 2.24) is 20.4 Å². The molecule has 0 atom stereocenters. The molecule has 5 rings (SSSR count). The predicted molar refractivity (Wildman–Crippen MR) is 149 cm³/mol. The molecule has 4 N–H and O–H groups in total. The average molecular weight is 531 g/mol. The Hall–Kier alpha value is -4.43. The summed E-state index contributed by atoms with van der Waals surface area (Å²) in [7, 11) is 3.04. The lowest BCUT2D eigenvalue weighted by Crippen LogP contribution is -2.20. The van der Waals surface area contributed by atoms with Gasteiger partial charge in [0.1, 0.15) is 0 Å². The first-order chi connectivity index (χ1) is 18.3. The minimum atomic E-state index is -0.861. The maximum absolute atomic E-state index is 13.5. The van der Waals surface area contributed by atoms with Crippen LogP contribution in [0, 0.1) is 13.8 Å². The van der Waals surface area contributed by atoms with Crippen LogP contribution in [0.1, 0.15) is 33.7 Å². The van der Waals surface area contributed by atoms with Crippen LogP contribution in [0.2, 0.25) is 5.02 Å². The van der Waals surface area contributed by atoms with Gasteiger partial charge in [0.15, 0.2) is 11.5 Å². The molecule has 0 radical (unpaired) electrons. The number of hydrogen-bond acceptors (Lipinski definition) is 4. The van der Waals surface area contributed by atoms with Gasteiger partial charge in [0.25, 0.3) is 11.1 Å². The van der Waals surface area contributed by atoms with E-state index in [1.165, 1.54) is 14.2 Å². The van der Waals surface area contributed by atoms with Crippen molar-refractivity contribution in [3.63, 3.8) is 0 Å². The van der Waals surface area contributed by atoms with Gasteiger partial charge < -0.3 is 9.47 Å². The third-order valence-electron chi connectivity index (χ3n) is 6.70. The summed E-state index contributed by atoms with van der Waals surface area (Å²) in [6.07, 6.45) is 0. The molecule has 0 bridgehead atoms. The van der Waals surface area contributed by atoms with Crippen LogP contribution in [0.25, 0.3) is 22.5 Å². The highest BCUT2D eigenvalue weighted by Crippen LogP contribution is 2.44. The second-order valence-corrected chi connectivity index (χ2v) is 9.54. The summed E-state index contributed by atoms with van der Waals surface area (Å²) in [6, 6.07) is 18.9. The van der Waals surface area contributed by atoms with Crippen LogP contribution in [0.5, 0.6) is 11.5 Å². The predicted octanol–water partition coefficient (Wildman–Crippen LogP) is 5.52. The number of methoxy groups -OCH3 is 2. The molecule has 0 aliphatic heterocycles. The number of benzene rings is 3. The van der Waals surface area contributed by atoms with Crippen LogP contribution >= 0.6 is 11.6 Å². The highest BCUT2D eigenvalue weighted by atomic mass is 35.5. The zero-order valence-electron chi connectivity index (χ0n) is 21.4. The number of aromatic amines is 4. The lowest BCUT2D eigenvalue weighted by Gasteiger charge is -2.21. The average Bonchev–Trinajstić information content (AvgIpc) is 3.49. The highest BCUT2D eigenvalue weighted by Gasteiger charge is 2.33. The third kappa shape index (κ3) is 4.43. The normalized spacial score (nSPS) is 11.2. The molecule has 0 aliphatic carbocycles. The fraction of sp³-hybridized carbons (Fsp3) is 0.172. The van der Waals surface area contributed by atoms with E-state index in [0.29, 0.717) is 44.6 Å². The van der Waals surface area contributed by atoms with Crippen molar-refractivity contribution in [1.29, 1.82) is 0 Å². The van der Waals surface area contributed by atoms with Crippen LogP contribution in [0.15, 0.2) is 70.3 Å². The lowest BCUT2D eigenvalue weighted by molar-refractivity contribution is 0.354. The molecule has 9 heteroatoms. The van der Waals surface area contributed by atoms with E-state index in [1.807, 2.05) is 62.4 Å². The number of aromatic nitrogens is 4. The first-order valence-electron chi connectivity index (χ1n) is 12.0. The van der Waals surface area contributed by atoms with Gasteiger partial charge in [-0.05, 0) is 36.6 Å². The molecule has 0 saturated carbocycles. The standard InChI is InChI=1S/C29H27ClN4O4/c1-15-5-9-17(10-6-15)26-24(28(35)33-31-26)23(19-13-21(37-3)22(38-4)14-20(19)30)25-27(32-34-29(25)36)18-11-7-16(2)8-12-18/h5-14,23H,1-4H3,(H2,31,33,35)(H2,32,34,36). The molecule has 3 aromatic carbocycles. The van der Waals surface area contributed by atoms with Crippen molar-refractivity contribution in [3.8, 4) is 34.0 Å². The summed E-state index contributed by atoms with van der Waals surface area (Å²) in [5.41, 5.74) is 5.32. The van der Waals surface area contributed by atoms with E-state index in [0.717, 1.165) is 22.3 Å². The molecule has 0 aliphatic rings. The van der Waals surface area contributed by atoms with Crippen molar-refractivity contribution in [2.75, 3.05) is 14.2 Å². The highest BCUT2D eigenvalue weighted by molar-refractivity contribution is 6.31. The fourth-order valence-corrected chi connectivity index (χ4v) is 4.99. The van der Waals surface area contributed by atoms with E-state index in [2.05, 4.69) is 20.4 Å². The van der Waals surface area contributed by atoms with Crippen molar-refractivity contribution in [2.45, 2.75) is 19.8 Å². The van der Waals surface area contributed by atoms with Crippen molar-refractivity contribution < 1.29 is 9.47 Å². The van der Waals surface area contributed by atoms with Crippen LogP contribution < -0.4 is 20.6 Å². The Morgan fingerprint density at radius 3 is 1.50 bits per heavy atom. The Labute approximate surface area is 223 Å².